The second-order valence-corrected chi connectivity index (χ2v) is 7.24. The number of carbonyl (C=O) groups excluding carboxylic acids is 1. The minimum Gasteiger partial charge on any atom is -0.330 e. The number of imidazole rings is 1. The highest BCUT2D eigenvalue weighted by Crippen LogP contribution is 2.43. The number of thioether (sulfide) groups is 2. The van der Waals surface area contributed by atoms with Crippen LogP contribution in [0.5, 0.6) is 0 Å². The van der Waals surface area contributed by atoms with Crippen LogP contribution in [0.3, 0.4) is 0 Å². The lowest BCUT2D eigenvalue weighted by molar-refractivity contribution is -0.383. The van der Waals surface area contributed by atoms with E-state index in [1.807, 2.05) is 0 Å². The Morgan fingerprint density at radius 1 is 1.15 bits per heavy atom. The molecule has 0 aliphatic carbocycles. The average molecular weight is 434 g/mol. The van der Waals surface area contributed by atoms with Crippen LogP contribution in [-0.4, -0.2) is 50.5 Å². The molecule has 0 aliphatic rings. The van der Waals surface area contributed by atoms with E-state index in [1.54, 1.807) is 0 Å². The van der Waals surface area contributed by atoms with Crippen LogP contribution in [0.4, 0.5) is 36.8 Å². The van der Waals surface area contributed by atoms with Crippen LogP contribution in [0.15, 0.2) is 22.2 Å². The third kappa shape index (κ3) is 4.97. The number of carbonyl (C=O) groups is 1. The van der Waals surface area contributed by atoms with Crippen molar-refractivity contribution in [3.8, 4) is 0 Å². The Bertz CT molecular complexity index is 909. The fourth-order valence-electron chi connectivity index (χ4n) is 2.00. The molecule has 2 rings (SSSR count). The van der Waals surface area contributed by atoms with Crippen molar-refractivity contribution >= 4 is 46.3 Å². The minimum absolute atomic E-state index is 0.390. The molecule has 1 amide bonds. The van der Waals surface area contributed by atoms with Crippen molar-refractivity contribution in [1.82, 2.24) is 14.5 Å². The number of halogens is 6. The molecule has 2 aromatic rings. The molecule has 15 heteroatoms. The number of aromatic nitrogens is 2. The smallest absolute Gasteiger partial charge is 0.330 e. The van der Waals surface area contributed by atoms with Crippen molar-refractivity contribution in [2.45, 2.75) is 21.1 Å². The fourth-order valence-corrected chi connectivity index (χ4v) is 3.22. The first-order chi connectivity index (χ1) is 12.2. The van der Waals surface area contributed by atoms with Crippen molar-refractivity contribution in [3.05, 3.63) is 22.2 Å². The monoisotopic (exact) mass is 434 g/mol. The van der Waals surface area contributed by atoms with Crippen LogP contribution in [0.2, 0.25) is 0 Å². The molecule has 0 fully saturated rings. The zero-order chi connectivity index (χ0) is 20.7. The highest BCUT2D eigenvalue weighted by Gasteiger charge is 2.36. The van der Waals surface area contributed by atoms with Crippen molar-refractivity contribution in [3.63, 3.8) is 0 Å². The van der Waals surface area contributed by atoms with E-state index in [-0.39, 0.29) is 0 Å². The summed E-state index contributed by atoms with van der Waals surface area (Å²) in [5.74, 6) is 0. The first-order valence-corrected chi connectivity index (χ1v) is 8.27. The number of nitrogens with zero attached hydrogens (tertiary/aromatic N) is 4. The summed E-state index contributed by atoms with van der Waals surface area (Å²) in [5, 5.41) is 10.2. The zero-order valence-corrected chi connectivity index (χ0v) is 14.9. The molecule has 0 saturated carbocycles. The number of alkyl halides is 6. The molecule has 1 heterocycles. The number of benzene rings is 1. The predicted molar refractivity (Wildman–Crippen MR) is 84.7 cm³/mol. The Morgan fingerprint density at radius 3 is 2.15 bits per heavy atom. The second kappa shape index (κ2) is 7.10. The summed E-state index contributed by atoms with van der Waals surface area (Å²) in [4.78, 5) is 26.1. The van der Waals surface area contributed by atoms with Gasteiger partial charge in [-0.3, -0.25) is 10.1 Å². The molecular formula is C12H8F6N4O3S2. The standard InChI is InChI=1S/C12H8F6N4O3S2/c1-20(2)10(23)21-6-3-5(26-11(13,14)15)4-7(22(24)25)8(6)19-9(21)27-12(16,17)18/h3-4H,1-2H3. The molecule has 7 nitrogen and oxygen atoms in total. The number of amides is 1. The maximum absolute atomic E-state index is 12.8. The van der Waals surface area contributed by atoms with Gasteiger partial charge in [-0.05, 0) is 17.8 Å². The first-order valence-electron chi connectivity index (χ1n) is 6.63. The Hall–Kier alpha value is -2.16. The number of nitro benzene ring substituents is 1. The molecule has 0 radical (unpaired) electrons. The Kier molecular flexibility index (Phi) is 5.56. The van der Waals surface area contributed by atoms with Gasteiger partial charge >= 0.3 is 17.0 Å². The molecule has 0 bridgehead atoms. The highest BCUT2D eigenvalue weighted by atomic mass is 32.2. The average Bonchev–Trinajstić information content (AvgIpc) is 2.78. The van der Waals surface area contributed by atoms with Crippen molar-refractivity contribution in [2.75, 3.05) is 14.1 Å². The molecule has 0 atom stereocenters. The number of hydrogen-bond donors (Lipinski definition) is 0. The summed E-state index contributed by atoms with van der Waals surface area (Å²) in [5.41, 5.74) is -11.8. The van der Waals surface area contributed by atoms with Gasteiger partial charge in [0, 0.05) is 36.8 Å². The number of rotatable bonds is 3. The van der Waals surface area contributed by atoms with Crippen LogP contribution in [-0.2, 0) is 0 Å². The van der Waals surface area contributed by atoms with E-state index in [1.165, 1.54) is 14.1 Å². The van der Waals surface area contributed by atoms with Gasteiger partial charge in [0.1, 0.15) is 0 Å². The molecule has 0 N–H and O–H groups in total. The van der Waals surface area contributed by atoms with E-state index >= 15 is 0 Å². The summed E-state index contributed by atoms with van der Waals surface area (Å²) < 4.78 is 76.6. The van der Waals surface area contributed by atoms with Gasteiger partial charge in [0.05, 0.1) is 10.4 Å². The van der Waals surface area contributed by atoms with Gasteiger partial charge < -0.3 is 4.90 Å². The van der Waals surface area contributed by atoms with Crippen LogP contribution in [0.1, 0.15) is 0 Å². The number of hydrogen-bond acceptors (Lipinski definition) is 6. The van der Waals surface area contributed by atoms with Gasteiger partial charge in [-0.2, -0.15) is 26.3 Å². The van der Waals surface area contributed by atoms with Gasteiger partial charge in [-0.15, -0.1) is 0 Å². The summed E-state index contributed by atoms with van der Waals surface area (Å²) in [7, 11) is 2.39. The third-order valence-electron chi connectivity index (χ3n) is 2.89. The predicted octanol–water partition coefficient (Wildman–Crippen LogP) is 4.70. The number of non-ortho nitro benzene ring substituents is 1. The summed E-state index contributed by atoms with van der Waals surface area (Å²) >= 11 is -1.51. The molecule has 27 heavy (non-hydrogen) atoms. The van der Waals surface area contributed by atoms with Crippen molar-refractivity contribution in [2.24, 2.45) is 0 Å². The zero-order valence-electron chi connectivity index (χ0n) is 13.3. The number of nitro groups is 1. The van der Waals surface area contributed by atoms with E-state index in [9.17, 15) is 41.3 Å². The SMILES string of the molecule is CN(C)C(=O)n1c(SC(F)(F)F)nc2c([N+](=O)[O-])cc(SC(F)(F)F)cc21. The second-order valence-electron chi connectivity index (χ2n) is 5.07. The molecule has 1 aromatic heterocycles. The molecule has 0 unspecified atom stereocenters. The van der Waals surface area contributed by atoms with E-state index in [0.717, 1.165) is 11.0 Å². The van der Waals surface area contributed by atoms with Gasteiger partial charge in [0.15, 0.2) is 10.7 Å². The van der Waals surface area contributed by atoms with E-state index in [0.29, 0.717) is 10.6 Å². The molecule has 148 valence electrons. The molecule has 0 aliphatic heterocycles. The van der Waals surface area contributed by atoms with Gasteiger partial charge in [-0.1, -0.05) is 0 Å². The Morgan fingerprint density at radius 2 is 1.70 bits per heavy atom. The minimum atomic E-state index is -4.88. The van der Waals surface area contributed by atoms with Crippen LogP contribution >= 0.6 is 23.5 Å². The lowest BCUT2D eigenvalue weighted by Gasteiger charge is -2.14. The molecular weight excluding hydrogens is 426 g/mol. The van der Waals surface area contributed by atoms with E-state index in [4.69, 9.17) is 0 Å². The molecule has 0 spiro atoms. The number of fused-ring (bicyclic) bond motifs is 1. The lowest BCUT2D eigenvalue weighted by Crippen LogP contribution is -2.28. The van der Waals surface area contributed by atoms with Crippen molar-refractivity contribution in [1.29, 1.82) is 0 Å². The highest BCUT2D eigenvalue weighted by molar-refractivity contribution is 8.00. The third-order valence-corrected chi connectivity index (χ3v) is 4.28. The quantitative estimate of drug-likeness (QED) is 0.302. The summed E-state index contributed by atoms with van der Waals surface area (Å²) in [6.45, 7) is 0. The summed E-state index contributed by atoms with van der Waals surface area (Å²) in [6.07, 6.45) is 0. The van der Waals surface area contributed by atoms with E-state index < -0.39 is 72.3 Å². The Labute approximate surface area is 154 Å². The molecule has 0 saturated heterocycles. The lowest BCUT2D eigenvalue weighted by atomic mass is 10.2. The topological polar surface area (TPSA) is 81.3 Å². The summed E-state index contributed by atoms with van der Waals surface area (Å²) in [6, 6.07) is 0.211. The molecule has 1 aromatic carbocycles. The van der Waals surface area contributed by atoms with Gasteiger partial charge in [0.25, 0.3) is 5.69 Å². The maximum atomic E-state index is 12.8. The van der Waals surface area contributed by atoms with E-state index in [2.05, 4.69) is 4.98 Å². The fraction of sp³-hybridized carbons (Fsp3) is 0.333. The normalized spacial score (nSPS) is 12.4. The van der Waals surface area contributed by atoms with Crippen LogP contribution in [0, 0.1) is 10.1 Å². The Balaban J connectivity index is 2.84. The first kappa shape index (κ1) is 21.1. The maximum Gasteiger partial charge on any atom is 0.449 e. The van der Waals surface area contributed by atoms with Gasteiger partial charge in [-0.25, -0.2) is 14.3 Å². The largest absolute Gasteiger partial charge is 0.449 e. The van der Waals surface area contributed by atoms with Crippen LogP contribution in [0.25, 0.3) is 11.0 Å². The van der Waals surface area contributed by atoms with Crippen LogP contribution < -0.4 is 0 Å². The van der Waals surface area contributed by atoms with Crippen molar-refractivity contribution < 1.29 is 36.1 Å². The van der Waals surface area contributed by atoms with Gasteiger partial charge in [0.2, 0.25) is 0 Å².